The summed E-state index contributed by atoms with van der Waals surface area (Å²) < 4.78 is 13.4. The molecule has 0 unspecified atom stereocenters. The maximum absolute atomic E-state index is 13.4. The van der Waals surface area contributed by atoms with E-state index in [1.807, 2.05) is 18.7 Å². The zero-order valence-corrected chi connectivity index (χ0v) is 15.5. The molecule has 0 N–H and O–H groups in total. The summed E-state index contributed by atoms with van der Waals surface area (Å²) in [7, 11) is 0. The van der Waals surface area contributed by atoms with Gasteiger partial charge in [0.2, 0.25) is 5.91 Å². The van der Waals surface area contributed by atoms with Crippen LogP contribution in [-0.4, -0.2) is 47.3 Å². The van der Waals surface area contributed by atoms with E-state index in [1.165, 1.54) is 18.2 Å². The van der Waals surface area contributed by atoms with E-state index in [2.05, 4.69) is 0 Å². The summed E-state index contributed by atoms with van der Waals surface area (Å²) in [6, 6.07) is 4.08. The Morgan fingerprint density at radius 2 is 1.92 bits per heavy atom. The maximum atomic E-state index is 13.4. The molecule has 2 aliphatic heterocycles. The fraction of sp³-hybridized carbons (Fsp3) is 0.579. The number of hydrogen-bond acceptors (Lipinski definition) is 2. The smallest absolute Gasteiger partial charge is 0.255 e. The van der Waals surface area contributed by atoms with Gasteiger partial charge in [-0.2, -0.15) is 0 Å². The number of piperidine rings is 2. The largest absolute Gasteiger partial charge is 0.340 e. The van der Waals surface area contributed by atoms with Gasteiger partial charge in [-0.3, -0.25) is 9.59 Å². The topological polar surface area (TPSA) is 40.6 Å². The average molecular weight is 367 g/mol. The second-order valence-corrected chi connectivity index (χ2v) is 7.94. The molecule has 6 heteroatoms. The lowest BCUT2D eigenvalue weighted by atomic mass is 9.72. The molecule has 2 amide bonds. The van der Waals surface area contributed by atoms with Crippen LogP contribution in [0.4, 0.5) is 4.39 Å². The summed E-state index contributed by atoms with van der Waals surface area (Å²) >= 11 is 6.06. The van der Waals surface area contributed by atoms with Crippen molar-refractivity contribution in [3.05, 3.63) is 34.6 Å². The minimum absolute atomic E-state index is 0.0979. The third-order valence-corrected chi connectivity index (χ3v) is 5.92. The van der Waals surface area contributed by atoms with Crippen molar-refractivity contribution in [2.75, 3.05) is 19.6 Å². The van der Waals surface area contributed by atoms with Gasteiger partial charge < -0.3 is 9.80 Å². The van der Waals surface area contributed by atoms with Crippen molar-refractivity contribution in [2.45, 2.75) is 45.6 Å². The van der Waals surface area contributed by atoms with Crippen LogP contribution in [0.3, 0.4) is 0 Å². The van der Waals surface area contributed by atoms with Gasteiger partial charge in [0.1, 0.15) is 5.82 Å². The molecule has 0 aliphatic carbocycles. The Hall–Kier alpha value is -1.62. The van der Waals surface area contributed by atoms with Crippen LogP contribution in [0.25, 0.3) is 0 Å². The summed E-state index contributed by atoms with van der Waals surface area (Å²) in [5.41, 5.74) is 0.320. The molecule has 0 bridgehead atoms. The molecule has 1 aromatic rings. The molecule has 4 nitrogen and oxygen atoms in total. The Labute approximate surface area is 152 Å². The molecule has 0 saturated carbocycles. The van der Waals surface area contributed by atoms with Crippen molar-refractivity contribution in [1.82, 2.24) is 9.80 Å². The number of carbonyl (C=O) groups is 2. The fourth-order valence-corrected chi connectivity index (χ4v) is 4.14. The van der Waals surface area contributed by atoms with Gasteiger partial charge >= 0.3 is 0 Å². The van der Waals surface area contributed by atoms with Crippen LogP contribution in [0.5, 0.6) is 0 Å². The summed E-state index contributed by atoms with van der Waals surface area (Å²) in [5, 5.41) is 0.279. The first-order valence-corrected chi connectivity index (χ1v) is 9.23. The molecular formula is C19H24ClFN2O2. The molecule has 0 atom stereocenters. The van der Waals surface area contributed by atoms with E-state index in [0.717, 1.165) is 25.8 Å². The molecule has 0 radical (unpaired) electrons. The number of rotatable bonds is 2. The highest BCUT2D eigenvalue weighted by Gasteiger charge is 2.42. The van der Waals surface area contributed by atoms with Crippen LogP contribution in [0.1, 0.15) is 49.9 Å². The van der Waals surface area contributed by atoms with Crippen LogP contribution < -0.4 is 0 Å². The van der Waals surface area contributed by atoms with Crippen LogP contribution in [-0.2, 0) is 4.79 Å². The second-order valence-electron chi connectivity index (χ2n) is 7.53. The van der Waals surface area contributed by atoms with Crippen molar-refractivity contribution in [1.29, 1.82) is 0 Å². The number of hydrogen-bond donors (Lipinski definition) is 0. The van der Waals surface area contributed by atoms with Crippen molar-refractivity contribution in [3.8, 4) is 0 Å². The van der Waals surface area contributed by atoms with Gasteiger partial charge in [-0.05, 0) is 56.7 Å². The van der Waals surface area contributed by atoms with E-state index in [-0.39, 0.29) is 33.9 Å². The van der Waals surface area contributed by atoms with E-state index in [4.69, 9.17) is 11.6 Å². The summed E-state index contributed by atoms with van der Waals surface area (Å²) in [6.45, 7) is 6.09. The third-order valence-electron chi connectivity index (χ3n) is 5.59. The van der Waals surface area contributed by atoms with Crippen LogP contribution in [0, 0.1) is 11.2 Å². The Bertz CT molecular complexity index is 684. The molecule has 2 heterocycles. The van der Waals surface area contributed by atoms with Gasteiger partial charge in [-0.15, -0.1) is 0 Å². The predicted octanol–water partition coefficient (Wildman–Crippen LogP) is 3.73. The molecule has 3 rings (SSSR count). The summed E-state index contributed by atoms with van der Waals surface area (Å²) in [5.74, 6) is -0.447. The summed E-state index contributed by atoms with van der Waals surface area (Å²) in [4.78, 5) is 28.5. The normalized spacial score (nSPS) is 20.4. The Morgan fingerprint density at radius 1 is 1.24 bits per heavy atom. The zero-order valence-electron chi connectivity index (χ0n) is 14.7. The van der Waals surface area contributed by atoms with E-state index >= 15 is 0 Å². The monoisotopic (exact) mass is 366 g/mol. The molecule has 2 fully saturated rings. The third kappa shape index (κ3) is 3.66. The Morgan fingerprint density at radius 3 is 2.56 bits per heavy atom. The van der Waals surface area contributed by atoms with Gasteiger partial charge in [0.25, 0.3) is 5.91 Å². The number of nitrogens with zero attached hydrogens (tertiary/aromatic N) is 2. The lowest BCUT2D eigenvalue weighted by Gasteiger charge is -2.48. The zero-order chi connectivity index (χ0) is 18.2. The van der Waals surface area contributed by atoms with Gasteiger partial charge in [0, 0.05) is 32.1 Å². The molecular weight excluding hydrogens is 343 g/mol. The van der Waals surface area contributed by atoms with E-state index in [1.54, 1.807) is 4.90 Å². The minimum atomic E-state index is -0.459. The highest BCUT2D eigenvalue weighted by molar-refractivity contribution is 6.33. The van der Waals surface area contributed by atoms with Crippen LogP contribution >= 0.6 is 11.6 Å². The van der Waals surface area contributed by atoms with Crippen LogP contribution in [0.15, 0.2) is 18.2 Å². The van der Waals surface area contributed by atoms with Gasteiger partial charge in [0.05, 0.1) is 10.6 Å². The van der Waals surface area contributed by atoms with Gasteiger partial charge in [-0.25, -0.2) is 4.39 Å². The summed E-state index contributed by atoms with van der Waals surface area (Å²) in [6.07, 6.45) is 3.20. The van der Waals surface area contributed by atoms with Crippen molar-refractivity contribution in [3.63, 3.8) is 0 Å². The quantitative estimate of drug-likeness (QED) is 0.800. The maximum Gasteiger partial charge on any atom is 0.255 e. The van der Waals surface area contributed by atoms with Crippen molar-refractivity contribution >= 4 is 23.4 Å². The Kier molecular flexibility index (Phi) is 5.05. The molecule has 0 aromatic heterocycles. The predicted molar refractivity (Wildman–Crippen MR) is 95.1 cm³/mol. The standard InChI is InChI=1S/C19H24ClFN2O2/c1-13(2)23-12-19(6-5-17(23)24)7-9-22(10-8-19)18(25)15-11-14(21)3-4-16(15)20/h3-4,11,13H,5-10,12H2,1-2H3. The van der Waals surface area contributed by atoms with Crippen LogP contribution in [0.2, 0.25) is 5.02 Å². The number of amides is 2. The molecule has 2 saturated heterocycles. The lowest BCUT2D eigenvalue weighted by molar-refractivity contribution is -0.141. The molecule has 25 heavy (non-hydrogen) atoms. The number of carbonyl (C=O) groups excluding carboxylic acids is 2. The number of benzene rings is 1. The number of likely N-dealkylation sites (tertiary alicyclic amines) is 2. The van der Waals surface area contributed by atoms with Crippen molar-refractivity contribution < 1.29 is 14.0 Å². The number of halogens is 2. The highest BCUT2D eigenvalue weighted by Crippen LogP contribution is 2.41. The van der Waals surface area contributed by atoms with E-state index in [9.17, 15) is 14.0 Å². The first-order valence-electron chi connectivity index (χ1n) is 8.85. The van der Waals surface area contributed by atoms with E-state index in [0.29, 0.717) is 19.5 Å². The minimum Gasteiger partial charge on any atom is -0.340 e. The van der Waals surface area contributed by atoms with Crippen molar-refractivity contribution in [2.24, 2.45) is 5.41 Å². The van der Waals surface area contributed by atoms with E-state index < -0.39 is 5.82 Å². The lowest BCUT2D eigenvalue weighted by Crippen LogP contribution is -2.54. The average Bonchev–Trinajstić information content (AvgIpc) is 2.59. The highest BCUT2D eigenvalue weighted by atomic mass is 35.5. The SMILES string of the molecule is CC(C)N1CC2(CCC1=O)CCN(C(=O)c1cc(F)ccc1Cl)CC2. The fourth-order valence-electron chi connectivity index (χ4n) is 3.94. The van der Waals surface area contributed by atoms with Gasteiger partial charge in [0.15, 0.2) is 0 Å². The Balaban J connectivity index is 1.68. The molecule has 2 aliphatic rings. The molecule has 1 aromatic carbocycles. The van der Waals surface area contributed by atoms with Gasteiger partial charge in [-0.1, -0.05) is 11.6 Å². The first-order chi connectivity index (χ1) is 11.8. The first kappa shape index (κ1) is 18.2. The second kappa shape index (κ2) is 6.94. The molecule has 1 spiro atoms. The molecule has 136 valence electrons.